The summed E-state index contributed by atoms with van der Waals surface area (Å²) in [4.78, 5) is 25.3. The van der Waals surface area contributed by atoms with Crippen LogP contribution in [0.2, 0.25) is 0 Å². The Balaban J connectivity index is 1.66. The van der Waals surface area contributed by atoms with Crippen LogP contribution in [0.3, 0.4) is 0 Å². The zero-order valence-electron chi connectivity index (χ0n) is 14.6. The van der Waals surface area contributed by atoms with E-state index in [0.29, 0.717) is 5.56 Å². The number of benzene rings is 2. The molecule has 2 aromatic carbocycles. The molecule has 3 aromatic rings. The Hall–Kier alpha value is -2.99. The third-order valence-electron chi connectivity index (χ3n) is 3.92. The predicted molar refractivity (Wildman–Crippen MR) is 102 cm³/mol. The normalized spacial score (nSPS) is 11.6. The molecular formula is C21H18FNO3S. The molecule has 27 heavy (non-hydrogen) atoms. The molecule has 0 saturated carbocycles. The lowest BCUT2D eigenvalue weighted by Crippen LogP contribution is -2.32. The lowest BCUT2D eigenvalue weighted by atomic mass is 10.1. The number of esters is 1. The van der Waals surface area contributed by atoms with Crippen molar-refractivity contribution in [3.8, 4) is 0 Å². The average molecular weight is 383 g/mol. The predicted octanol–water partition coefficient (Wildman–Crippen LogP) is 4.26. The van der Waals surface area contributed by atoms with Gasteiger partial charge in [0.15, 0.2) is 6.61 Å². The van der Waals surface area contributed by atoms with E-state index in [2.05, 4.69) is 5.32 Å². The number of hydrogen-bond acceptors (Lipinski definition) is 4. The van der Waals surface area contributed by atoms with E-state index >= 15 is 0 Å². The van der Waals surface area contributed by atoms with E-state index in [1.807, 2.05) is 30.5 Å². The van der Waals surface area contributed by atoms with Crippen molar-refractivity contribution in [1.29, 1.82) is 0 Å². The van der Waals surface area contributed by atoms with Crippen molar-refractivity contribution < 1.29 is 18.7 Å². The van der Waals surface area contributed by atoms with Crippen LogP contribution in [-0.4, -0.2) is 18.5 Å². The number of aryl methyl sites for hydroxylation is 1. The summed E-state index contributed by atoms with van der Waals surface area (Å²) in [5, 5.41) is 4.74. The van der Waals surface area contributed by atoms with Crippen LogP contribution < -0.4 is 5.32 Å². The van der Waals surface area contributed by atoms with Gasteiger partial charge >= 0.3 is 5.97 Å². The first-order chi connectivity index (χ1) is 13.0. The molecule has 138 valence electrons. The molecule has 6 heteroatoms. The lowest BCUT2D eigenvalue weighted by molar-refractivity contribution is -0.124. The smallest absolute Gasteiger partial charge is 0.338 e. The molecule has 1 aromatic heterocycles. The van der Waals surface area contributed by atoms with Gasteiger partial charge in [-0.1, -0.05) is 35.9 Å². The molecule has 0 fully saturated rings. The van der Waals surface area contributed by atoms with Gasteiger partial charge in [0, 0.05) is 4.88 Å². The van der Waals surface area contributed by atoms with Crippen LogP contribution in [0.15, 0.2) is 66.0 Å². The SMILES string of the molecule is Cc1cccc(C(=O)OCC(=O)N[C@@H](c2ccc(F)cc2)c2cccs2)c1. The van der Waals surface area contributed by atoms with Crippen molar-refractivity contribution in [1.82, 2.24) is 5.32 Å². The van der Waals surface area contributed by atoms with Gasteiger partial charge in [-0.05, 0) is 48.2 Å². The fraction of sp³-hybridized carbons (Fsp3) is 0.143. The zero-order chi connectivity index (χ0) is 19.2. The van der Waals surface area contributed by atoms with Gasteiger partial charge in [-0.15, -0.1) is 11.3 Å². The number of halogens is 1. The average Bonchev–Trinajstić information content (AvgIpc) is 3.19. The van der Waals surface area contributed by atoms with Gasteiger partial charge in [-0.3, -0.25) is 4.79 Å². The van der Waals surface area contributed by atoms with Crippen LogP contribution in [0.5, 0.6) is 0 Å². The maximum absolute atomic E-state index is 13.2. The maximum atomic E-state index is 13.2. The second-order valence-corrected chi connectivity index (χ2v) is 6.99. The highest BCUT2D eigenvalue weighted by Crippen LogP contribution is 2.26. The molecule has 1 atom stereocenters. The third kappa shape index (κ3) is 5.01. The zero-order valence-corrected chi connectivity index (χ0v) is 15.5. The quantitative estimate of drug-likeness (QED) is 0.647. The van der Waals surface area contributed by atoms with E-state index in [9.17, 15) is 14.0 Å². The monoisotopic (exact) mass is 383 g/mol. The summed E-state index contributed by atoms with van der Waals surface area (Å²) in [6.45, 7) is 1.48. The second kappa shape index (κ2) is 8.60. The molecule has 1 heterocycles. The van der Waals surface area contributed by atoms with Crippen molar-refractivity contribution in [3.05, 3.63) is 93.4 Å². The van der Waals surface area contributed by atoms with Crippen molar-refractivity contribution in [2.75, 3.05) is 6.61 Å². The van der Waals surface area contributed by atoms with Gasteiger partial charge in [0.1, 0.15) is 5.82 Å². The Labute approximate surface area is 160 Å². The van der Waals surface area contributed by atoms with Crippen LogP contribution >= 0.6 is 11.3 Å². The van der Waals surface area contributed by atoms with Crippen LogP contribution in [0, 0.1) is 12.7 Å². The number of thiophene rings is 1. The van der Waals surface area contributed by atoms with E-state index in [1.54, 1.807) is 30.3 Å². The molecule has 0 aliphatic heterocycles. The first kappa shape index (κ1) is 18.8. The second-order valence-electron chi connectivity index (χ2n) is 6.01. The summed E-state index contributed by atoms with van der Waals surface area (Å²) in [6, 6.07) is 16.2. The third-order valence-corrected chi connectivity index (χ3v) is 4.86. The summed E-state index contributed by atoms with van der Waals surface area (Å²) in [5.41, 5.74) is 2.08. The van der Waals surface area contributed by atoms with Gasteiger partial charge in [0.2, 0.25) is 0 Å². The minimum absolute atomic E-state index is 0.345. The summed E-state index contributed by atoms with van der Waals surface area (Å²) in [7, 11) is 0. The lowest BCUT2D eigenvalue weighted by Gasteiger charge is -2.18. The van der Waals surface area contributed by atoms with Gasteiger partial charge in [0.25, 0.3) is 5.91 Å². The molecule has 0 spiro atoms. The largest absolute Gasteiger partial charge is 0.452 e. The van der Waals surface area contributed by atoms with Gasteiger partial charge in [-0.25, -0.2) is 9.18 Å². The molecule has 0 bridgehead atoms. The first-order valence-corrected chi connectivity index (χ1v) is 9.23. The number of rotatable bonds is 6. The topological polar surface area (TPSA) is 55.4 Å². The molecule has 0 unspecified atom stereocenters. The van der Waals surface area contributed by atoms with Crippen LogP contribution in [0.25, 0.3) is 0 Å². The fourth-order valence-electron chi connectivity index (χ4n) is 2.62. The molecule has 0 radical (unpaired) electrons. The Morgan fingerprint density at radius 1 is 1.11 bits per heavy atom. The number of carbonyl (C=O) groups excluding carboxylic acids is 2. The Morgan fingerprint density at radius 2 is 1.89 bits per heavy atom. The highest BCUT2D eigenvalue weighted by molar-refractivity contribution is 7.10. The number of ether oxygens (including phenoxy) is 1. The van der Waals surface area contributed by atoms with Gasteiger partial charge in [-0.2, -0.15) is 0 Å². The Bertz CT molecular complexity index is 923. The van der Waals surface area contributed by atoms with E-state index in [-0.39, 0.29) is 5.82 Å². The molecule has 1 amide bonds. The van der Waals surface area contributed by atoms with Crippen LogP contribution in [0.1, 0.15) is 32.4 Å². The van der Waals surface area contributed by atoms with Crippen molar-refractivity contribution in [3.63, 3.8) is 0 Å². The number of amides is 1. The van der Waals surface area contributed by atoms with E-state index in [0.717, 1.165) is 16.0 Å². The molecule has 4 nitrogen and oxygen atoms in total. The van der Waals surface area contributed by atoms with Crippen LogP contribution in [0.4, 0.5) is 4.39 Å². The first-order valence-electron chi connectivity index (χ1n) is 8.35. The minimum Gasteiger partial charge on any atom is -0.452 e. The fourth-order valence-corrected chi connectivity index (χ4v) is 3.42. The minimum atomic E-state index is -0.552. The maximum Gasteiger partial charge on any atom is 0.338 e. The standard InChI is InChI=1S/C21H18FNO3S/c1-14-4-2-5-16(12-14)21(25)26-13-19(24)23-20(18-6-3-11-27-18)15-7-9-17(22)10-8-15/h2-12,20H,13H2,1H3,(H,23,24)/t20-/m0/s1. The van der Waals surface area contributed by atoms with Crippen molar-refractivity contribution in [2.45, 2.75) is 13.0 Å². The molecule has 0 aliphatic carbocycles. The van der Waals surface area contributed by atoms with Gasteiger partial charge in [0.05, 0.1) is 11.6 Å². The number of nitrogens with one attached hydrogen (secondary N) is 1. The molecule has 1 N–H and O–H groups in total. The van der Waals surface area contributed by atoms with E-state index in [4.69, 9.17) is 4.74 Å². The molecular weight excluding hydrogens is 365 g/mol. The van der Waals surface area contributed by atoms with Crippen molar-refractivity contribution in [2.24, 2.45) is 0 Å². The van der Waals surface area contributed by atoms with E-state index in [1.165, 1.54) is 23.5 Å². The van der Waals surface area contributed by atoms with Crippen molar-refractivity contribution >= 4 is 23.2 Å². The Kier molecular flexibility index (Phi) is 5.98. The summed E-state index contributed by atoms with van der Waals surface area (Å²) < 4.78 is 18.3. The number of carbonyl (C=O) groups is 2. The van der Waals surface area contributed by atoms with E-state index < -0.39 is 24.5 Å². The highest BCUT2D eigenvalue weighted by atomic mass is 32.1. The summed E-state index contributed by atoms with van der Waals surface area (Å²) in [5.74, 6) is -1.33. The molecule has 0 aliphatic rings. The highest BCUT2D eigenvalue weighted by Gasteiger charge is 2.19. The summed E-state index contributed by atoms with van der Waals surface area (Å²) >= 11 is 1.48. The summed E-state index contributed by atoms with van der Waals surface area (Å²) in [6.07, 6.45) is 0. The van der Waals surface area contributed by atoms with Crippen LogP contribution in [-0.2, 0) is 9.53 Å². The molecule has 0 saturated heterocycles. The number of hydrogen-bond donors (Lipinski definition) is 1. The molecule has 3 rings (SSSR count). The Morgan fingerprint density at radius 3 is 2.56 bits per heavy atom. The van der Waals surface area contributed by atoms with Gasteiger partial charge < -0.3 is 10.1 Å².